The lowest BCUT2D eigenvalue weighted by Gasteiger charge is -2.46. The average Bonchev–Trinajstić information content (AvgIpc) is 2.96. The van der Waals surface area contributed by atoms with Gasteiger partial charge < -0.3 is 29.6 Å². The van der Waals surface area contributed by atoms with Gasteiger partial charge in [-0.2, -0.15) is 0 Å². The minimum atomic E-state index is -1.85. The van der Waals surface area contributed by atoms with Crippen molar-refractivity contribution in [1.82, 2.24) is 0 Å². The second-order valence-electron chi connectivity index (χ2n) is 8.81. The first kappa shape index (κ1) is 24.6. The van der Waals surface area contributed by atoms with Crippen LogP contribution in [0.5, 0.6) is 0 Å². The molecule has 2 aromatic rings. The molecule has 0 spiro atoms. The SMILES string of the molecule is C[N+]1(CCF)[C@@H]2CC[C@@H]1CC(OC(=O)C(O)(c1ccccc1)c1ccccc1)C2.O=[N+]([O-])[O-]. The largest absolute Gasteiger partial charge is 0.459 e. The molecule has 2 saturated heterocycles. The van der Waals surface area contributed by atoms with Crippen LogP contribution in [0.15, 0.2) is 60.7 Å². The third-order valence-corrected chi connectivity index (χ3v) is 7.09. The molecule has 8 nitrogen and oxygen atoms in total. The quantitative estimate of drug-likeness (QED) is 0.306. The van der Waals surface area contributed by atoms with Crippen LogP contribution in [-0.4, -0.2) is 59.1 Å². The summed E-state index contributed by atoms with van der Waals surface area (Å²) in [5.41, 5.74) is -0.864. The van der Waals surface area contributed by atoms with Gasteiger partial charge in [0.2, 0.25) is 5.60 Å². The van der Waals surface area contributed by atoms with E-state index < -0.39 is 16.7 Å². The van der Waals surface area contributed by atoms with Crippen molar-refractivity contribution in [2.45, 2.75) is 49.5 Å². The maximum atomic E-state index is 13.3. The Morgan fingerprint density at radius 3 is 1.88 bits per heavy atom. The predicted octanol–water partition coefficient (Wildman–Crippen LogP) is 3.34. The standard InChI is InChI=1S/C24H29FNO3.NO3/c1-26(15-14-25)20-12-13-21(26)17-22(16-20)29-23(27)24(28,18-8-4-2-5-9-18)19-10-6-3-7-11-19;2-1(3)4/h2-11,20-22,28H,12-17H2,1H3;/q+1;-1/t20-,21-,22?,26?;/m1./s1. The Hall–Kier alpha value is -3.04. The van der Waals surface area contributed by atoms with E-state index in [0.717, 1.165) is 30.2 Å². The van der Waals surface area contributed by atoms with E-state index in [1.807, 2.05) is 12.1 Å². The van der Waals surface area contributed by atoms with Gasteiger partial charge in [0.1, 0.15) is 19.3 Å². The van der Waals surface area contributed by atoms with E-state index in [1.165, 1.54) is 0 Å². The van der Waals surface area contributed by atoms with E-state index in [0.29, 0.717) is 29.8 Å². The molecule has 0 unspecified atom stereocenters. The number of rotatable bonds is 6. The third-order valence-electron chi connectivity index (χ3n) is 7.09. The number of benzene rings is 2. The third kappa shape index (κ3) is 5.15. The fraction of sp³-hybridized carbons (Fsp3) is 0.458. The van der Waals surface area contributed by atoms with Crippen molar-refractivity contribution >= 4 is 5.97 Å². The van der Waals surface area contributed by atoms with Gasteiger partial charge in [-0.05, 0) is 11.1 Å². The molecule has 0 aliphatic carbocycles. The Balaban J connectivity index is 0.000000709. The molecule has 2 aromatic carbocycles. The Kier molecular flexibility index (Phi) is 7.65. The number of carbonyl (C=O) groups is 1. The Bertz CT molecular complexity index is 885. The van der Waals surface area contributed by atoms with Gasteiger partial charge in [-0.25, -0.2) is 9.18 Å². The Morgan fingerprint density at radius 2 is 1.48 bits per heavy atom. The van der Waals surface area contributed by atoms with E-state index in [4.69, 9.17) is 20.1 Å². The highest BCUT2D eigenvalue weighted by Crippen LogP contribution is 2.43. The van der Waals surface area contributed by atoms with Crippen LogP contribution >= 0.6 is 0 Å². The highest BCUT2D eigenvalue weighted by molar-refractivity contribution is 5.85. The Morgan fingerprint density at radius 1 is 1.06 bits per heavy atom. The summed E-state index contributed by atoms with van der Waals surface area (Å²) in [6.45, 7) is 0.198. The van der Waals surface area contributed by atoms with Crippen LogP contribution in [-0.2, 0) is 15.1 Å². The second-order valence-corrected chi connectivity index (χ2v) is 8.81. The van der Waals surface area contributed by atoms with Gasteiger partial charge in [0.25, 0.3) is 0 Å². The molecular formula is C24H29FN2O6. The summed E-state index contributed by atoms with van der Waals surface area (Å²) in [5, 5.41) is 26.3. The summed E-state index contributed by atoms with van der Waals surface area (Å²) < 4.78 is 19.8. The van der Waals surface area contributed by atoms with Crippen molar-refractivity contribution in [3.8, 4) is 0 Å². The molecular weight excluding hydrogens is 431 g/mol. The molecule has 2 fully saturated rings. The first-order valence-corrected chi connectivity index (χ1v) is 11.0. The molecule has 1 N–H and O–H groups in total. The molecule has 0 amide bonds. The number of nitrogens with zero attached hydrogens (tertiary/aromatic N) is 2. The zero-order chi connectivity index (χ0) is 24.1. The maximum Gasteiger partial charge on any atom is 0.347 e. The van der Waals surface area contributed by atoms with Crippen LogP contribution in [0, 0.1) is 15.3 Å². The van der Waals surface area contributed by atoms with Crippen LogP contribution in [0.2, 0.25) is 0 Å². The number of hydrogen-bond donors (Lipinski definition) is 1. The monoisotopic (exact) mass is 460 g/mol. The van der Waals surface area contributed by atoms with Gasteiger partial charge in [-0.15, -0.1) is 0 Å². The van der Waals surface area contributed by atoms with Crippen molar-refractivity contribution in [2.75, 3.05) is 20.3 Å². The van der Waals surface area contributed by atoms with Crippen LogP contribution in [0.25, 0.3) is 0 Å². The van der Waals surface area contributed by atoms with Crippen molar-refractivity contribution < 1.29 is 28.6 Å². The number of esters is 1. The summed E-state index contributed by atoms with van der Waals surface area (Å²) in [4.78, 5) is 21.6. The van der Waals surface area contributed by atoms with Gasteiger partial charge in [-0.3, -0.25) is 0 Å². The first-order chi connectivity index (χ1) is 15.7. The smallest absolute Gasteiger partial charge is 0.347 e. The zero-order valence-electron chi connectivity index (χ0n) is 18.5. The number of fused-ring (bicyclic) bond motifs is 2. The minimum absolute atomic E-state index is 0.246. The van der Waals surface area contributed by atoms with E-state index >= 15 is 0 Å². The van der Waals surface area contributed by atoms with Crippen LogP contribution < -0.4 is 0 Å². The summed E-state index contributed by atoms with van der Waals surface area (Å²) in [6.07, 6.45) is 3.27. The normalized spacial score (nSPS) is 26.1. The molecule has 0 aromatic heterocycles. The number of hydrogen-bond acceptors (Lipinski definition) is 6. The van der Waals surface area contributed by atoms with E-state index in [1.54, 1.807) is 48.5 Å². The molecule has 0 radical (unpaired) electrons. The summed E-state index contributed by atoms with van der Waals surface area (Å²) in [7, 11) is 2.13. The van der Waals surface area contributed by atoms with E-state index in [9.17, 15) is 14.3 Å². The van der Waals surface area contributed by atoms with Crippen molar-refractivity contribution in [3.63, 3.8) is 0 Å². The van der Waals surface area contributed by atoms with Crippen LogP contribution in [0.4, 0.5) is 4.39 Å². The van der Waals surface area contributed by atoms with Crippen molar-refractivity contribution in [2.24, 2.45) is 0 Å². The minimum Gasteiger partial charge on any atom is -0.459 e. The van der Waals surface area contributed by atoms with Crippen molar-refractivity contribution in [3.05, 3.63) is 87.1 Å². The van der Waals surface area contributed by atoms with Crippen molar-refractivity contribution in [1.29, 1.82) is 0 Å². The van der Waals surface area contributed by atoms with Gasteiger partial charge in [-0.1, -0.05) is 60.7 Å². The first-order valence-electron chi connectivity index (χ1n) is 11.0. The fourth-order valence-electron chi connectivity index (χ4n) is 5.33. The lowest BCUT2D eigenvalue weighted by atomic mass is 9.86. The molecule has 9 heteroatoms. The number of halogens is 1. The van der Waals surface area contributed by atoms with Gasteiger partial charge in [0.15, 0.2) is 0 Å². The fourth-order valence-corrected chi connectivity index (χ4v) is 5.33. The summed E-state index contributed by atoms with van der Waals surface area (Å²) in [5.74, 6) is -0.638. The molecule has 2 aliphatic heterocycles. The highest BCUT2D eigenvalue weighted by Gasteiger charge is 2.53. The van der Waals surface area contributed by atoms with Gasteiger partial charge in [0.05, 0.1) is 24.2 Å². The Labute approximate surface area is 191 Å². The number of ether oxygens (including phenoxy) is 1. The number of carbonyl (C=O) groups excluding carboxylic acids is 1. The second kappa shape index (κ2) is 10.3. The molecule has 0 saturated carbocycles. The number of alkyl halides is 1. The number of piperidine rings is 1. The zero-order valence-corrected chi connectivity index (χ0v) is 18.5. The highest BCUT2D eigenvalue weighted by atomic mass is 19.1. The number of quaternary nitrogens is 1. The van der Waals surface area contributed by atoms with Crippen LogP contribution in [0.3, 0.4) is 0 Å². The summed E-state index contributed by atoms with van der Waals surface area (Å²) in [6, 6.07) is 18.5. The predicted molar refractivity (Wildman–Crippen MR) is 119 cm³/mol. The van der Waals surface area contributed by atoms with Gasteiger partial charge >= 0.3 is 5.97 Å². The van der Waals surface area contributed by atoms with Crippen LogP contribution in [0.1, 0.15) is 36.8 Å². The van der Waals surface area contributed by atoms with Gasteiger partial charge in [0, 0.05) is 25.7 Å². The molecule has 2 bridgehead atoms. The maximum absolute atomic E-state index is 13.3. The summed E-state index contributed by atoms with van der Waals surface area (Å²) >= 11 is 0. The average molecular weight is 461 g/mol. The van der Waals surface area contributed by atoms with E-state index in [2.05, 4.69) is 7.05 Å². The lowest BCUT2D eigenvalue weighted by Crippen LogP contribution is -2.60. The molecule has 4 rings (SSSR count). The molecule has 33 heavy (non-hydrogen) atoms. The lowest BCUT2D eigenvalue weighted by molar-refractivity contribution is -0.949. The number of aliphatic hydroxyl groups is 1. The molecule has 2 aliphatic rings. The topological polar surface area (TPSA) is 113 Å². The molecule has 178 valence electrons. The molecule has 2 atom stereocenters. The van der Waals surface area contributed by atoms with E-state index in [-0.39, 0.29) is 12.8 Å². The molecule has 2 heterocycles.